The second kappa shape index (κ2) is 4.27. The van der Waals surface area contributed by atoms with Crippen molar-refractivity contribution in [3.63, 3.8) is 0 Å². The summed E-state index contributed by atoms with van der Waals surface area (Å²) in [4.78, 5) is 14.8. The first kappa shape index (κ1) is 11.0. The first-order valence-corrected chi connectivity index (χ1v) is 6.68. The minimum absolute atomic E-state index is 0.122. The van der Waals surface area contributed by atoms with Gasteiger partial charge in [0, 0.05) is 6.61 Å². The van der Waals surface area contributed by atoms with E-state index in [-0.39, 0.29) is 17.8 Å². The maximum absolute atomic E-state index is 11.0. The first-order chi connectivity index (χ1) is 8.25. The maximum Gasteiger partial charge on any atom is 0.357 e. The Morgan fingerprint density at radius 1 is 1.53 bits per heavy atom. The van der Waals surface area contributed by atoms with E-state index in [2.05, 4.69) is 10.3 Å². The highest BCUT2D eigenvalue weighted by molar-refractivity contribution is 7.14. The molecule has 1 aromatic heterocycles. The average molecular weight is 254 g/mol. The number of aromatic nitrogens is 1. The third-order valence-electron chi connectivity index (χ3n) is 3.31. The lowest BCUT2D eigenvalue weighted by Gasteiger charge is -2.19. The summed E-state index contributed by atoms with van der Waals surface area (Å²) in [5, 5.41) is 12.9. The molecule has 2 N–H and O–H groups in total. The summed E-state index contributed by atoms with van der Waals surface area (Å²) in [6.07, 6.45) is 3.66. The molecule has 17 heavy (non-hydrogen) atoms. The molecular formula is C11H14N2O3S. The Hall–Kier alpha value is -1.14. The molecule has 1 aromatic rings. The minimum Gasteiger partial charge on any atom is -0.476 e. The van der Waals surface area contributed by atoms with E-state index in [0.29, 0.717) is 10.9 Å². The molecule has 0 bridgehead atoms. The van der Waals surface area contributed by atoms with Crippen molar-refractivity contribution >= 4 is 22.3 Å². The molecule has 6 heteroatoms. The van der Waals surface area contributed by atoms with Crippen LogP contribution in [-0.4, -0.2) is 34.8 Å². The molecule has 1 saturated carbocycles. The number of carboxylic acids is 1. The van der Waals surface area contributed by atoms with Crippen LogP contribution < -0.4 is 5.32 Å². The zero-order valence-electron chi connectivity index (χ0n) is 9.26. The largest absolute Gasteiger partial charge is 0.476 e. The third kappa shape index (κ3) is 2.14. The van der Waals surface area contributed by atoms with Gasteiger partial charge in [-0.3, -0.25) is 0 Å². The van der Waals surface area contributed by atoms with Crippen LogP contribution in [0.4, 0.5) is 5.00 Å². The van der Waals surface area contributed by atoms with Gasteiger partial charge in [0.2, 0.25) is 0 Å². The lowest BCUT2D eigenvalue weighted by atomic mass is 10.1. The number of ether oxygens (including phenoxy) is 1. The predicted molar refractivity (Wildman–Crippen MR) is 63.6 cm³/mol. The topological polar surface area (TPSA) is 71.5 Å². The Bertz CT molecular complexity index is 430. The Morgan fingerprint density at radius 2 is 2.35 bits per heavy atom. The van der Waals surface area contributed by atoms with Crippen LogP contribution in [0.25, 0.3) is 0 Å². The molecule has 2 unspecified atom stereocenters. The predicted octanol–water partition coefficient (Wildman–Crippen LogP) is 1.82. The van der Waals surface area contributed by atoms with Crippen LogP contribution in [0, 0.1) is 5.92 Å². The van der Waals surface area contributed by atoms with Gasteiger partial charge in [-0.15, -0.1) is 11.3 Å². The molecule has 1 aliphatic heterocycles. The number of thiazole rings is 1. The van der Waals surface area contributed by atoms with Gasteiger partial charge in [-0.25, -0.2) is 9.78 Å². The lowest BCUT2D eigenvalue weighted by Crippen LogP contribution is -2.31. The number of hydrogen-bond acceptors (Lipinski definition) is 5. The summed E-state index contributed by atoms with van der Waals surface area (Å²) in [5.41, 5.74) is 1.68. The molecule has 1 saturated heterocycles. The monoisotopic (exact) mass is 254 g/mol. The molecule has 2 heterocycles. The third-order valence-corrected chi connectivity index (χ3v) is 4.07. The van der Waals surface area contributed by atoms with Crippen molar-refractivity contribution in [3.05, 3.63) is 11.2 Å². The summed E-state index contributed by atoms with van der Waals surface area (Å²) < 4.78 is 5.71. The zero-order valence-corrected chi connectivity index (χ0v) is 10.1. The highest BCUT2D eigenvalue weighted by Crippen LogP contribution is 2.40. The fourth-order valence-electron chi connectivity index (χ4n) is 2.32. The van der Waals surface area contributed by atoms with Crippen LogP contribution >= 0.6 is 11.3 Å². The van der Waals surface area contributed by atoms with Crippen LogP contribution in [0.5, 0.6) is 0 Å². The van der Waals surface area contributed by atoms with Crippen molar-refractivity contribution in [2.45, 2.75) is 31.4 Å². The second-order valence-corrected chi connectivity index (χ2v) is 5.40. The molecule has 0 aromatic carbocycles. The average Bonchev–Trinajstić information content (AvgIpc) is 2.86. The molecule has 0 radical (unpaired) electrons. The van der Waals surface area contributed by atoms with E-state index in [0.717, 1.165) is 13.0 Å². The van der Waals surface area contributed by atoms with Gasteiger partial charge in [0.05, 0.1) is 17.7 Å². The van der Waals surface area contributed by atoms with Crippen LogP contribution in [0.1, 0.15) is 29.8 Å². The standard InChI is InChI=1S/C11H14N2O3S/c14-11(15)8-10(17-5-12-8)13-7-3-4-16-9(7)6-1-2-6/h5-7,9,13H,1-4H2,(H,14,15). The van der Waals surface area contributed by atoms with E-state index >= 15 is 0 Å². The number of aromatic carboxylic acids is 1. The number of carboxylic acid groups (broad SMARTS) is 1. The Morgan fingerprint density at radius 3 is 3.06 bits per heavy atom. The Labute approximate surface area is 103 Å². The van der Waals surface area contributed by atoms with E-state index in [1.165, 1.54) is 24.2 Å². The van der Waals surface area contributed by atoms with Gasteiger partial charge in [-0.1, -0.05) is 0 Å². The quantitative estimate of drug-likeness (QED) is 0.857. The molecule has 2 aliphatic rings. The van der Waals surface area contributed by atoms with Gasteiger partial charge in [0.25, 0.3) is 0 Å². The fourth-order valence-corrected chi connectivity index (χ4v) is 3.06. The lowest BCUT2D eigenvalue weighted by molar-refractivity contribution is 0.0691. The SMILES string of the molecule is O=C(O)c1ncsc1NC1CCOC1C1CC1. The Kier molecular flexibility index (Phi) is 2.76. The molecule has 5 nitrogen and oxygen atoms in total. The van der Waals surface area contributed by atoms with Gasteiger partial charge in [0.15, 0.2) is 5.69 Å². The Balaban J connectivity index is 1.73. The van der Waals surface area contributed by atoms with Gasteiger partial charge in [0.1, 0.15) is 5.00 Å². The smallest absolute Gasteiger partial charge is 0.357 e. The van der Waals surface area contributed by atoms with Crippen molar-refractivity contribution in [3.8, 4) is 0 Å². The number of nitrogens with one attached hydrogen (secondary N) is 1. The fraction of sp³-hybridized carbons (Fsp3) is 0.636. The molecule has 0 spiro atoms. The van der Waals surface area contributed by atoms with E-state index in [1.807, 2.05) is 0 Å². The maximum atomic E-state index is 11.0. The summed E-state index contributed by atoms with van der Waals surface area (Å²) in [6, 6.07) is 0.237. The molecule has 92 valence electrons. The van der Waals surface area contributed by atoms with Crippen LogP contribution in [-0.2, 0) is 4.74 Å². The van der Waals surface area contributed by atoms with Crippen molar-refractivity contribution < 1.29 is 14.6 Å². The van der Waals surface area contributed by atoms with Gasteiger partial charge >= 0.3 is 5.97 Å². The summed E-state index contributed by atoms with van der Waals surface area (Å²) in [5.74, 6) is -0.313. The number of anilines is 1. The normalized spacial score (nSPS) is 28.2. The van der Waals surface area contributed by atoms with Crippen molar-refractivity contribution in [2.24, 2.45) is 5.92 Å². The summed E-state index contributed by atoms with van der Waals surface area (Å²) in [6.45, 7) is 0.764. The summed E-state index contributed by atoms with van der Waals surface area (Å²) >= 11 is 1.34. The van der Waals surface area contributed by atoms with E-state index < -0.39 is 5.97 Å². The molecule has 3 rings (SSSR count). The highest BCUT2D eigenvalue weighted by Gasteiger charge is 2.41. The second-order valence-electron chi connectivity index (χ2n) is 4.55. The van der Waals surface area contributed by atoms with Gasteiger partial charge in [-0.05, 0) is 25.2 Å². The molecule has 1 aliphatic carbocycles. The molecule has 2 fully saturated rings. The minimum atomic E-state index is -0.976. The van der Waals surface area contributed by atoms with E-state index in [9.17, 15) is 4.79 Å². The van der Waals surface area contributed by atoms with Crippen molar-refractivity contribution in [1.29, 1.82) is 0 Å². The number of hydrogen-bond donors (Lipinski definition) is 2. The van der Waals surface area contributed by atoms with Gasteiger partial charge < -0.3 is 15.2 Å². The zero-order chi connectivity index (χ0) is 11.8. The number of rotatable bonds is 4. The van der Waals surface area contributed by atoms with Crippen molar-refractivity contribution in [2.75, 3.05) is 11.9 Å². The highest BCUT2D eigenvalue weighted by atomic mass is 32.1. The summed E-state index contributed by atoms with van der Waals surface area (Å²) in [7, 11) is 0. The van der Waals surface area contributed by atoms with Crippen molar-refractivity contribution in [1.82, 2.24) is 4.98 Å². The van der Waals surface area contributed by atoms with E-state index in [1.54, 1.807) is 5.51 Å². The van der Waals surface area contributed by atoms with Crippen LogP contribution in [0.3, 0.4) is 0 Å². The van der Waals surface area contributed by atoms with E-state index in [4.69, 9.17) is 9.84 Å². The van der Waals surface area contributed by atoms with Gasteiger partial charge in [-0.2, -0.15) is 0 Å². The number of nitrogens with zero attached hydrogens (tertiary/aromatic N) is 1. The number of carbonyl (C=O) groups is 1. The first-order valence-electron chi connectivity index (χ1n) is 5.80. The molecular weight excluding hydrogens is 240 g/mol. The molecule has 2 atom stereocenters. The van der Waals surface area contributed by atoms with Crippen LogP contribution in [0.2, 0.25) is 0 Å². The van der Waals surface area contributed by atoms with Crippen LogP contribution in [0.15, 0.2) is 5.51 Å². The molecule has 0 amide bonds.